The zero-order chi connectivity index (χ0) is 64.8. The number of halogens is 1. The minimum Gasteiger partial charge on any atom is -0.405 e. The standard InChI is InChI=1S/C36H32BO3P.C30H20BrOP.C12H24B2O4.CH4/c1-35(2)36(3,4)40-37(39-35)33-23-29-15-9-10-16-30(29)24-34(33)41(38,31-19-17-25-11-5-7-13-27(25)21-31)32-20-18-26-12-6-8-14-28(26)22-32;31-29-19-25-11-5-6-12-26(25)20-30(29)33(32,27-15-13-21-7-1-3-9-23(21)17-27)28-16-14-22-8-2-4-10-24(22)18-28;1-9(2)10(3,4)16-13(15-9)14-17-11(5,6)12(7,8)18-14;/h5-24H,1-4H3;1-20H;1-8H3;1H4. The van der Waals surface area contributed by atoms with Crippen molar-refractivity contribution >= 4 is 153 Å². The highest BCUT2D eigenvalue weighted by Gasteiger charge is 2.64. The molecule has 8 nitrogen and oxygen atoms in total. The highest BCUT2D eigenvalue weighted by molar-refractivity contribution is 9.10. The maximum atomic E-state index is 16.1. The molecule has 0 atom stereocenters. The Morgan fingerprint density at radius 2 is 0.505 bits per heavy atom. The van der Waals surface area contributed by atoms with E-state index in [-0.39, 0.29) is 29.8 Å². The van der Waals surface area contributed by atoms with E-state index in [0.717, 1.165) is 106 Å². The molecule has 0 spiro atoms. The number of rotatable bonds is 8. The summed E-state index contributed by atoms with van der Waals surface area (Å²) in [4.78, 5) is 0. The van der Waals surface area contributed by atoms with E-state index in [1.807, 2.05) is 152 Å². The fourth-order valence-corrected chi connectivity index (χ4v) is 19.2. The average molecular weight is 1330 g/mol. The van der Waals surface area contributed by atoms with E-state index in [4.69, 9.17) is 27.9 Å². The highest BCUT2D eigenvalue weighted by atomic mass is 79.9. The van der Waals surface area contributed by atoms with Crippen LogP contribution in [0.3, 0.4) is 0 Å². The SMILES string of the molecule is C.CC1(C)OB(B2OC(C)(C)C(C)(C)O2)OC1(C)C.CC1(C)OB(c2cc3ccccc3cc2P(=O)(c2ccc3ccccc3c2)c2ccc3ccccc3c2)OC1(C)C.O=P(c1ccc2ccccc2c1)(c1ccc2ccccc2c1)c1cc2ccccc2cc1Br. The molecule has 14 heteroatoms. The summed E-state index contributed by atoms with van der Waals surface area (Å²) < 4.78 is 69.4. The molecular weight excluding hydrogens is 1250 g/mol. The molecule has 3 saturated heterocycles. The van der Waals surface area contributed by atoms with Gasteiger partial charge in [-0.05, 0) is 212 Å². The molecule has 0 saturated carbocycles. The van der Waals surface area contributed by atoms with Crippen LogP contribution in [-0.4, -0.2) is 54.7 Å². The molecule has 0 aliphatic carbocycles. The molecule has 3 aliphatic heterocycles. The summed E-state index contributed by atoms with van der Waals surface area (Å²) in [5, 5.41) is 18.0. The molecule has 12 aromatic carbocycles. The first-order chi connectivity index (χ1) is 43.7. The Labute approximate surface area is 558 Å². The Morgan fingerprint density at radius 3 is 0.806 bits per heavy atom. The summed E-state index contributed by atoms with van der Waals surface area (Å²) in [7, 11) is -8.21. The van der Waals surface area contributed by atoms with Gasteiger partial charge in [0.05, 0.1) is 33.6 Å². The molecule has 0 radical (unpaired) electrons. The molecular formula is C79H80B3BrO8P2. The minimum absolute atomic E-state index is 0. The fraction of sp³-hybridized carbons (Fsp3) is 0.241. The Kier molecular flexibility index (Phi) is 17.6. The van der Waals surface area contributed by atoms with Crippen molar-refractivity contribution in [2.24, 2.45) is 0 Å². The van der Waals surface area contributed by atoms with Gasteiger partial charge in [0.2, 0.25) is 0 Å². The predicted octanol–water partition coefficient (Wildman–Crippen LogP) is 17.5. The van der Waals surface area contributed by atoms with Crippen molar-refractivity contribution < 1.29 is 37.1 Å². The van der Waals surface area contributed by atoms with Crippen molar-refractivity contribution in [1.82, 2.24) is 0 Å². The van der Waals surface area contributed by atoms with Gasteiger partial charge in [0, 0.05) is 36.3 Å². The zero-order valence-corrected chi connectivity index (χ0v) is 57.7. The molecule has 0 aromatic heterocycles. The van der Waals surface area contributed by atoms with Gasteiger partial charge in [-0.15, -0.1) is 0 Å². The second-order valence-electron chi connectivity index (χ2n) is 27.6. The molecule has 93 heavy (non-hydrogen) atoms. The molecule has 0 unspecified atom stereocenters. The van der Waals surface area contributed by atoms with Crippen LogP contribution in [-0.2, 0) is 37.1 Å². The Morgan fingerprint density at radius 1 is 0.280 bits per heavy atom. The lowest BCUT2D eigenvalue weighted by Gasteiger charge is -2.32. The van der Waals surface area contributed by atoms with Crippen molar-refractivity contribution in [3.63, 3.8) is 0 Å². The number of hydrogen-bond donors (Lipinski definition) is 0. The first kappa shape index (κ1) is 66.1. The fourth-order valence-electron chi connectivity index (χ4n) is 12.5. The summed E-state index contributed by atoms with van der Waals surface area (Å²) in [5.41, 5.74) is -1.69. The lowest BCUT2D eigenvalue weighted by molar-refractivity contribution is 0.00578. The van der Waals surface area contributed by atoms with Gasteiger partial charge in [-0.3, -0.25) is 0 Å². The van der Waals surface area contributed by atoms with Gasteiger partial charge in [-0.25, -0.2) is 0 Å². The van der Waals surface area contributed by atoms with Crippen molar-refractivity contribution in [3.05, 3.63) is 247 Å². The molecule has 470 valence electrons. The molecule has 0 amide bonds. The lowest BCUT2D eigenvalue weighted by atomic mass is 9.49. The van der Waals surface area contributed by atoms with Crippen LogP contribution in [0.15, 0.2) is 247 Å². The third-order valence-electron chi connectivity index (χ3n) is 20.0. The van der Waals surface area contributed by atoms with E-state index in [0.29, 0.717) is 0 Å². The van der Waals surface area contributed by atoms with Crippen LogP contribution in [0.1, 0.15) is 90.5 Å². The molecule has 3 heterocycles. The molecule has 3 aliphatic rings. The lowest BCUT2D eigenvalue weighted by Crippen LogP contribution is -2.46. The van der Waals surface area contributed by atoms with Gasteiger partial charge < -0.3 is 37.1 Å². The summed E-state index contributed by atoms with van der Waals surface area (Å²) in [6.07, 6.45) is 0. The number of hydrogen-bond acceptors (Lipinski definition) is 8. The van der Waals surface area contributed by atoms with Crippen LogP contribution in [0.5, 0.6) is 0 Å². The molecule has 15 rings (SSSR count). The van der Waals surface area contributed by atoms with Gasteiger partial charge in [0.1, 0.15) is 0 Å². The number of benzene rings is 12. The van der Waals surface area contributed by atoms with Crippen LogP contribution in [0, 0.1) is 0 Å². The molecule has 3 fully saturated rings. The summed E-state index contributed by atoms with van der Waals surface area (Å²) in [5.74, 6) is 0. The third-order valence-corrected chi connectivity index (χ3v) is 27.1. The van der Waals surface area contributed by atoms with Crippen molar-refractivity contribution in [1.29, 1.82) is 0 Å². The Balaban J connectivity index is 0.000000143. The van der Waals surface area contributed by atoms with E-state index in [2.05, 4.69) is 189 Å². The Hall–Kier alpha value is -6.91. The molecule has 0 bridgehead atoms. The van der Waals surface area contributed by atoms with Crippen LogP contribution < -0.4 is 37.3 Å². The largest absolute Gasteiger partial charge is 0.495 e. The minimum atomic E-state index is -3.42. The van der Waals surface area contributed by atoms with Gasteiger partial charge in [-0.1, -0.05) is 208 Å². The summed E-state index contributed by atoms with van der Waals surface area (Å²) in [6.45, 7) is 24.4. The quantitative estimate of drug-likeness (QED) is 0.110. The highest BCUT2D eigenvalue weighted by Crippen LogP contribution is 2.49. The summed E-state index contributed by atoms with van der Waals surface area (Å²) >= 11 is 3.78. The maximum absolute atomic E-state index is 16.1. The zero-order valence-electron chi connectivity index (χ0n) is 54.4. The monoisotopic (exact) mass is 1330 g/mol. The topological polar surface area (TPSA) is 89.5 Å². The van der Waals surface area contributed by atoms with Gasteiger partial charge >= 0.3 is 21.1 Å². The first-order valence-corrected chi connectivity index (χ1v) is 35.8. The van der Waals surface area contributed by atoms with E-state index in [1.54, 1.807) is 0 Å². The molecule has 0 N–H and O–H groups in total. The van der Waals surface area contributed by atoms with Gasteiger partial charge in [0.15, 0.2) is 14.3 Å². The smallest absolute Gasteiger partial charge is 0.405 e. The van der Waals surface area contributed by atoms with Gasteiger partial charge in [-0.2, -0.15) is 0 Å². The predicted molar refractivity (Wildman–Crippen MR) is 399 cm³/mol. The second-order valence-corrected chi connectivity index (χ2v) is 33.9. The summed E-state index contributed by atoms with van der Waals surface area (Å²) in [6, 6.07) is 82.5. The van der Waals surface area contributed by atoms with Crippen LogP contribution in [0.2, 0.25) is 0 Å². The average Bonchev–Trinajstić information content (AvgIpc) is 1.30. The first-order valence-electron chi connectivity index (χ1n) is 31.6. The van der Waals surface area contributed by atoms with Crippen LogP contribution in [0.25, 0.3) is 64.6 Å². The Bertz CT molecular complexity index is 4700. The number of fused-ring (bicyclic) bond motifs is 6. The molecule has 12 aromatic rings. The van der Waals surface area contributed by atoms with E-state index in [1.165, 1.54) is 0 Å². The van der Waals surface area contributed by atoms with Crippen molar-refractivity contribution in [2.45, 2.75) is 124 Å². The van der Waals surface area contributed by atoms with Crippen molar-refractivity contribution in [3.8, 4) is 0 Å². The van der Waals surface area contributed by atoms with Crippen molar-refractivity contribution in [2.75, 3.05) is 0 Å². The third kappa shape index (κ3) is 12.1. The second kappa shape index (κ2) is 24.7. The van der Waals surface area contributed by atoms with E-state index >= 15 is 9.13 Å². The van der Waals surface area contributed by atoms with Crippen LogP contribution >= 0.6 is 30.2 Å². The maximum Gasteiger partial charge on any atom is 0.495 e. The van der Waals surface area contributed by atoms with Crippen LogP contribution in [0.4, 0.5) is 0 Å². The van der Waals surface area contributed by atoms with E-state index < -0.39 is 46.6 Å². The van der Waals surface area contributed by atoms with E-state index in [9.17, 15) is 0 Å². The van der Waals surface area contributed by atoms with Gasteiger partial charge in [0.25, 0.3) is 0 Å². The normalized spacial score (nSPS) is 17.7.